The van der Waals surface area contributed by atoms with E-state index in [-0.39, 0.29) is 18.1 Å². The summed E-state index contributed by atoms with van der Waals surface area (Å²) < 4.78 is 13.4. The number of rotatable bonds is 4. The molecule has 3 rings (SSSR count). The molecular formula is C18H15FN2O2. The number of halogens is 1. The highest BCUT2D eigenvalue weighted by molar-refractivity contribution is 6.36. The summed E-state index contributed by atoms with van der Waals surface area (Å²) in [5.74, 6) is -1.16. The molecule has 2 aromatic rings. The van der Waals surface area contributed by atoms with Crippen LogP contribution in [0, 0.1) is 5.82 Å². The van der Waals surface area contributed by atoms with Crippen LogP contribution < -0.4 is 5.32 Å². The molecule has 0 aliphatic carbocycles. The predicted molar refractivity (Wildman–Crippen MR) is 85.8 cm³/mol. The van der Waals surface area contributed by atoms with Crippen LogP contribution in [0.3, 0.4) is 0 Å². The highest BCUT2D eigenvalue weighted by Crippen LogP contribution is 2.30. The summed E-state index contributed by atoms with van der Waals surface area (Å²) in [7, 11) is 0. The summed E-state index contributed by atoms with van der Waals surface area (Å²) in [4.78, 5) is 26.2. The fourth-order valence-corrected chi connectivity index (χ4v) is 2.56. The SMILES string of the molecule is CCN1C(=O)C(Nc2cccc(F)c2)=C(c2ccccc2)C1=O. The minimum atomic E-state index is -0.416. The van der Waals surface area contributed by atoms with Crippen LogP contribution in [-0.4, -0.2) is 23.3 Å². The second-order valence-corrected chi connectivity index (χ2v) is 5.11. The maximum Gasteiger partial charge on any atom is 0.278 e. The molecule has 4 nitrogen and oxygen atoms in total. The number of amides is 2. The first-order chi connectivity index (χ1) is 11.1. The Hall–Kier alpha value is -2.95. The van der Waals surface area contributed by atoms with Gasteiger partial charge in [0.15, 0.2) is 0 Å². The Balaban J connectivity index is 2.08. The number of carbonyl (C=O) groups is 2. The van der Waals surface area contributed by atoms with Crippen LogP contribution in [0.5, 0.6) is 0 Å². The third-order valence-corrected chi connectivity index (χ3v) is 3.64. The molecule has 1 aliphatic rings. The molecule has 0 fully saturated rings. The predicted octanol–water partition coefficient (Wildman–Crippen LogP) is 3.04. The smallest absolute Gasteiger partial charge is 0.278 e. The number of imide groups is 1. The maximum absolute atomic E-state index is 13.4. The van der Waals surface area contributed by atoms with Crippen LogP contribution >= 0.6 is 0 Å². The fourth-order valence-electron chi connectivity index (χ4n) is 2.56. The molecule has 0 saturated heterocycles. The van der Waals surface area contributed by atoms with Crippen molar-refractivity contribution in [2.24, 2.45) is 0 Å². The van der Waals surface area contributed by atoms with Gasteiger partial charge in [0, 0.05) is 12.2 Å². The molecule has 0 unspecified atom stereocenters. The van der Waals surface area contributed by atoms with Gasteiger partial charge in [-0.2, -0.15) is 0 Å². The highest BCUT2D eigenvalue weighted by atomic mass is 19.1. The number of benzene rings is 2. The van der Waals surface area contributed by atoms with Gasteiger partial charge in [0.2, 0.25) is 0 Å². The summed E-state index contributed by atoms with van der Waals surface area (Å²) in [6.45, 7) is 2.02. The van der Waals surface area contributed by atoms with Crippen LogP contribution in [0.15, 0.2) is 60.3 Å². The lowest BCUT2D eigenvalue weighted by Crippen LogP contribution is -2.32. The largest absolute Gasteiger partial charge is 0.350 e. The van der Waals surface area contributed by atoms with E-state index in [1.165, 1.54) is 17.0 Å². The molecule has 5 heteroatoms. The maximum atomic E-state index is 13.4. The Morgan fingerprint density at radius 1 is 1.00 bits per heavy atom. The van der Waals surface area contributed by atoms with E-state index in [0.717, 1.165) is 0 Å². The lowest BCUT2D eigenvalue weighted by atomic mass is 10.0. The molecule has 0 spiro atoms. The van der Waals surface area contributed by atoms with E-state index in [0.29, 0.717) is 16.8 Å². The summed E-state index contributed by atoms with van der Waals surface area (Å²) in [5, 5.41) is 2.90. The van der Waals surface area contributed by atoms with Crippen molar-refractivity contribution in [2.75, 3.05) is 11.9 Å². The quantitative estimate of drug-likeness (QED) is 0.883. The van der Waals surface area contributed by atoms with Gasteiger partial charge in [0.1, 0.15) is 11.5 Å². The van der Waals surface area contributed by atoms with Crippen molar-refractivity contribution in [1.29, 1.82) is 0 Å². The molecular weight excluding hydrogens is 295 g/mol. The van der Waals surface area contributed by atoms with E-state index < -0.39 is 11.7 Å². The molecule has 0 bridgehead atoms. The van der Waals surface area contributed by atoms with Gasteiger partial charge < -0.3 is 5.32 Å². The average Bonchev–Trinajstić information content (AvgIpc) is 2.78. The van der Waals surface area contributed by atoms with Crippen LogP contribution in [0.1, 0.15) is 12.5 Å². The Morgan fingerprint density at radius 2 is 1.74 bits per heavy atom. The first kappa shape index (κ1) is 15.0. The fraction of sp³-hybridized carbons (Fsp3) is 0.111. The molecule has 0 atom stereocenters. The van der Waals surface area contributed by atoms with Crippen molar-refractivity contribution in [1.82, 2.24) is 4.90 Å². The number of likely N-dealkylation sites (N-methyl/N-ethyl adjacent to an activating group) is 1. The Labute approximate surface area is 133 Å². The van der Waals surface area contributed by atoms with Crippen molar-refractivity contribution in [3.63, 3.8) is 0 Å². The van der Waals surface area contributed by atoms with E-state index in [2.05, 4.69) is 5.32 Å². The first-order valence-electron chi connectivity index (χ1n) is 7.30. The van der Waals surface area contributed by atoms with Gasteiger partial charge in [-0.05, 0) is 30.7 Å². The first-order valence-corrected chi connectivity index (χ1v) is 7.30. The van der Waals surface area contributed by atoms with Gasteiger partial charge in [0.05, 0.1) is 5.57 Å². The summed E-state index contributed by atoms with van der Waals surface area (Å²) in [6, 6.07) is 14.8. The molecule has 2 aromatic carbocycles. The van der Waals surface area contributed by atoms with E-state index in [4.69, 9.17) is 0 Å². The Bertz CT molecular complexity index is 800. The van der Waals surface area contributed by atoms with Crippen molar-refractivity contribution in [3.05, 3.63) is 71.7 Å². The average molecular weight is 310 g/mol. The van der Waals surface area contributed by atoms with Gasteiger partial charge in [-0.3, -0.25) is 14.5 Å². The Morgan fingerprint density at radius 3 is 2.39 bits per heavy atom. The third kappa shape index (κ3) is 2.73. The molecule has 1 heterocycles. The lowest BCUT2D eigenvalue weighted by molar-refractivity contribution is -0.136. The number of nitrogens with zero attached hydrogens (tertiary/aromatic N) is 1. The standard InChI is InChI=1S/C18H15FN2O2/c1-2-21-17(22)15(12-7-4-3-5-8-12)16(18(21)23)20-14-10-6-9-13(19)11-14/h3-11,20H,2H2,1H3. The van der Waals surface area contributed by atoms with Gasteiger partial charge in [-0.15, -0.1) is 0 Å². The summed E-state index contributed by atoms with van der Waals surface area (Å²) in [6.07, 6.45) is 0. The molecule has 1 aliphatic heterocycles. The van der Waals surface area contributed by atoms with E-state index >= 15 is 0 Å². The second kappa shape index (κ2) is 6.04. The van der Waals surface area contributed by atoms with Crippen LogP contribution in [0.4, 0.5) is 10.1 Å². The van der Waals surface area contributed by atoms with Gasteiger partial charge in [0.25, 0.3) is 11.8 Å². The van der Waals surface area contributed by atoms with E-state index in [1.54, 1.807) is 43.3 Å². The molecule has 23 heavy (non-hydrogen) atoms. The highest BCUT2D eigenvalue weighted by Gasteiger charge is 2.38. The van der Waals surface area contributed by atoms with E-state index in [1.807, 2.05) is 6.07 Å². The number of carbonyl (C=O) groups excluding carboxylic acids is 2. The minimum absolute atomic E-state index is 0.175. The van der Waals surface area contributed by atoms with Crippen molar-refractivity contribution in [3.8, 4) is 0 Å². The lowest BCUT2D eigenvalue weighted by Gasteiger charge is -2.12. The number of nitrogens with one attached hydrogen (secondary N) is 1. The van der Waals surface area contributed by atoms with Crippen molar-refractivity contribution < 1.29 is 14.0 Å². The molecule has 1 N–H and O–H groups in total. The van der Waals surface area contributed by atoms with Crippen LogP contribution in [0.25, 0.3) is 5.57 Å². The second-order valence-electron chi connectivity index (χ2n) is 5.11. The monoisotopic (exact) mass is 310 g/mol. The molecule has 0 saturated carbocycles. The van der Waals surface area contributed by atoms with Crippen LogP contribution in [0.2, 0.25) is 0 Å². The molecule has 116 valence electrons. The van der Waals surface area contributed by atoms with Crippen molar-refractivity contribution in [2.45, 2.75) is 6.92 Å². The topological polar surface area (TPSA) is 49.4 Å². The van der Waals surface area contributed by atoms with Gasteiger partial charge in [-0.1, -0.05) is 36.4 Å². The molecule has 0 aromatic heterocycles. The van der Waals surface area contributed by atoms with Crippen molar-refractivity contribution >= 4 is 23.1 Å². The molecule has 2 amide bonds. The van der Waals surface area contributed by atoms with Gasteiger partial charge >= 0.3 is 0 Å². The normalized spacial score (nSPS) is 14.6. The zero-order valence-corrected chi connectivity index (χ0v) is 12.5. The number of anilines is 1. The number of hydrogen-bond donors (Lipinski definition) is 1. The molecule has 0 radical (unpaired) electrons. The van der Waals surface area contributed by atoms with E-state index in [9.17, 15) is 14.0 Å². The zero-order chi connectivity index (χ0) is 16.4. The van der Waals surface area contributed by atoms with Gasteiger partial charge in [-0.25, -0.2) is 4.39 Å². The third-order valence-electron chi connectivity index (χ3n) is 3.64. The zero-order valence-electron chi connectivity index (χ0n) is 12.5. The van der Waals surface area contributed by atoms with Crippen LogP contribution in [-0.2, 0) is 9.59 Å². The Kier molecular flexibility index (Phi) is 3.93. The number of hydrogen-bond acceptors (Lipinski definition) is 3. The minimum Gasteiger partial charge on any atom is -0.350 e. The summed E-state index contributed by atoms with van der Waals surface area (Å²) >= 11 is 0. The summed E-state index contributed by atoms with van der Waals surface area (Å²) in [5.41, 5.74) is 1.56.